The molecule has 7 nitrogen and oxygen atoms in total. The predicted molar refractivity (Wildman–Crippen MR) is 132 cm³/mol. The summed E-state index contributed by atoms with van der Waals surface area (Å²) in [6.45, 7) is 4.03. The molecule has 180 valence electrons. The Balaban J connectivity index is 1.52. The van der Waals surface area contributed by atoms with Crippen molar-refractivity contribution in [2.75, 3.05) is 17.3 Å². The van der Waals surface area contributed by atoms with Crippen molar-refractivity contribution in [3.8, 4) is 5.69 Å². The smallest absolute Gasteiger partial charge is 0.233 e. The maximum Gasteiger partial charge on any atom is 0.233 e. The Bertz CT molecular complexity index is 1050. The molecule has 1 aliphatic heterocycles. The molecule has 33 heavy (non-hydrogen) atoms. The summed E-state index contributed by atoms with van der Waals surface area (Å²) in [4.78, 5) is 19.9. The maximum atomic E-state index is 13.2. The van der Waals surface area contributed by atoms with E-state index in [0.717, 1.165) is 30.8 Å². The van der Waals surface area contributed by atoms with Gasteiger partial charge in [0.05, 0.1) is 22.9 Å². The molecule has 1 amide bonds. The number of aromatic nitrogens is 3. The number of amides is 1. The molecule has 1 aliphatic carbocycles. The standard InChI is InChI=1S/C24H34N4O3S2/c1-3-18(2)27(21-14-15-33(30,31)17-21)22(29)16-32-24-25-23(19-10-6-4-7-11-19)28(26-24)20-12-8-5-9-13-20/h5,8-9,12-13,18-19,21H,3-4,6-7,10-11,14-17H2,1-2H3. The van der Waals surface area contributed by atoms with Gasteiger partial charge in [0.2, 0.25) is 11.1 Å². The number of carbonyl (C=O) groups is 1. The van der Waals surface area contributed by atoms with Gasteiger partial charge in [0.25, 0.3) is 0 Å². The topological polar surface area (TPSA) is 85.2 Å². The van der Waals surface area contributed by atoms with E-state index in [0.29, 0.717) is 17.5 Å². The molecule has 4 rings (SSSR count). The van der Waals surface area contributed by atoms with Gasteiger partial charge in [-0.2, -0.15) is 0 Å². The highest BCUT2D eigenvalue weighted by molar-refractivity contribution is 7.99. The van der Waals surface area contributed by atoms with Crippen molar-refractivity contribution in [2.45, 2.75) is 82.0 Å². The first kappa shape index (κ1) is 24.3. The molecule has 1 aromatic carbocycles. The van der Waals surface area contributed by atoms with E-state index in [1.54, 1.807) is 4.90 Å². The first-order valence-corrected chi connectivity index (χ1v) is 14.9. The normalized spacial score (nSPS) is 21.7. The number of rotatable bonds is 8. The zero-order valence-corrected chi connectivity index (χ0v) is 21.2. The lowest BCUT2D eigenvalue weighted by Gasteiger charge is -2.33. The largest absolute Gasteiger partial charge is 0.335 e. The van der Waals surface area contributed by atoms with E-state index in [2.05, 4.69) is 0 Å². The molecule has 2 heterocycles. The van der Waals surface area contributed by atoms with Crippen molar-refractivity contribution in [3.63, 3.8) is 0 Å². The Morgan fingerprint density at radius 3 is 2.55 bits per heavy atom. The highest BCUT2D eigenvalue weighted by Gasteiger charge is 2.36. The molecular weight excluding hydrogens is 456 g/mol. The first-order chi connectivity index (χ1) is 15.9. The molecule has 1 saturated carbocycles. The fourth-order valence-corrected chi connectivity index (χ4v) is 7.36. The summed E-state index contributed by atoms with van der Waals surface area (Å²) in [6, 6.07) is 9.82. The van der Waals surface area contributed by atoms with Gasteiger partial charge in [0, 0.05) is 18.0 Å². The van der Waals surface area contributed by atoms with Crippen molar-refractivity contribution < 1.29 is 13.2 Å². The molecule has 0 bridgehead atoms. The van der Waals surface area contributed by atoms with E-state index in [1.807, 2.05) is 48.9 Å². The van der Waals surface area contributed by atoms with Crippen LogP contribution in [0.5, 0.6) is 0 Å². The third-order valence-electron chi connectivity index (χ3n) is 6.86. The van der Waals surface area contributed by atoms with Crippen molar-refractivity contribution in [3.05, 3.63) is 36.2 Å². The van der Waals surface area contributed by atoms with E-state index in [4.69, 9.17) is 10.1 Å². The third-order valence-corrected chi connectivity index (χ3v) is 9.44. The molecule has 2 aromatic rings. The van der Waals surface area contributed by atoms with E-state index < -0.39 is 9.84 Å². The number of hydrogen-bond acceptors (Lipinski definition) is 6. The second kappa shape index (κ2) is 10.6. The van der Waals surface area contributed by atoms with Crippen LogP contribution in [-0.2, 0) is 14.6 Å². The highest BCUT2D eigenvalue weighted by atomic mass is 32.2. The first-order valence-electron chi connectivity index (χ1n) is 12.0. The predicted octanol–water partition coefficient (Wildman–Crippen LogP) is 4.22. The minimum atomic E-state index is -3.06. The number of thioether (sulfide) groups is 1. The molecule has 1 aromatic heterocycles. The fourth-order valence-electron chi connectivity index (χ4n) is 4.95. The summed E-state index contributed by atoms with van der Waals surface area (Å²) in [5.74, 6) is 1.78. The van der Waals surface area contributed by atoms with Gasteiger partial charge in [0.1, 0.15) is 5.82 Å². The fraction of sp³-hybridized carbons (Fsp3) is 0.625. The molecule has 9 heteroatoms. The van der Waals surface area contributed by atoms with Crippen LogP contribution in [0, 0.1) is 0 Å². The monoisotopic (exact) mass is 490 g/mol. The molecule has 0 spiro atoms. The van der Waals surface area contributed by atoms with Crippen LogP contribution in [-0.4, -0.2) is 63.3 Å². The van der Waals surface area contributed by atoms with Crippen LogP contribution in [0.4, 0.5) is 0 Å². The van der Waals surface area contributed by atoms with Crippen LogP contribution < -0.4 is 0 Å². The quantitative estimate of drug-likeness (QED) is 0.515. The average molecular weight is 491 g/mol. The average Bonchev–Trinajstić information content (AvgIpc) is 3.42. The van der Waals surface area contributed by atoms with Crippen LogP contribution >= 0.6 is 11.8 Å². The lowest BCUT2D eigenvalue weighted by molar-refractivity contribution is -0.132. The summed E-state index contributed by atoms with van der Waals surface area (Å²) >= 11 is 1.35. The molecule has 0 N–H and O–H groups in total. The lowest BCUT2D eigenvalue weighted by atomic mass is 9.88. The van der Waals surface area contributed by atoms with Gasteiger partial charge in [-0.05, 0) is 44.7 Å². The summed E-state index contributed by atoms with van der Waals surface area (Å²) in [5.41, 5.74) is 0.987. The molecule has 2 unspecified atom stereocenters. The molecular formula is C24H34N4O3S2. The van der Waals surface area contributed by atoms with Crippen molar-refractivity contribution in [1.82, 2.24) is 19.7 Å². The SMILES string of the molecule is CCC(C)N(C(=O)CSc1nc(C2CCCCC2)n(-c2ccccc2)n1)C1CCS(=O)(=O)C1. The van der Waals surface area contributed by atoms with Crippen molar-refractivity contribution >= 4 is 27.5 Å². The molecule has 2 atom stereocenters. The van der Waals surface area contributed by atoms with Gasteiger partial charge in [-0.25, -0.2) is 18.1 Å². The van der Waals surface area contributed by atoms with Gasteiger partial charge in [-0.3, -0.25) is 4.79 Å². The Morgan fingerprint density at radius 2 is 1.91 bits per heavy atom. The van der Waals surface area contributed by atoms with Gasteiger partial charge >= 0.3 is 0 Å². The number of para-hydroxylation sites is 1. The van der Waals surface area contributed by atoms with Crippen LogP contribution in [0.3, 0.4) is 0 Å². The second-order valence-corrected chi connectivity index (χ2v) is 12.4. The minimum Gasteiger partial charge on any atom is -0.335 e. The zero-order valence-electron chi connectivity index (χ0n) is 19.5. The third kappa shape index (κ3) is 5.80. The van der Waals surface area contributed by atoms with E-state index in [-0.39, 0.29) is 35.2 Å². The molecule has 0 radical (unpaired) electrons. The highest BCUT2D eigenvalue weighted by Crippen LogP contribution is 2.34. The Labute approximate surface area is 201 Å². The van der Waals surface area contributed by atoms with Crippen molar-refractivity contribution in [2.24, 2.45) is 0 Å². The maximum absolute atomic E-state index is 13.2. The second-order valence-electron chi connectivity index (χ2n) is 9.24. The summed E-state index contributed by atoms with van der Waals surface area (Å²) in [5, 5.41) is 5.38. The van der Waals surface area contributed by atoms with Gasteiger partial charge in [0.15, 0.2) is 9.84 Å². The molecule has 1 saturated heterocycles. The number of benzene rings is 1. The Morgan fingerprint density at radius 1 is 1.18 bits per heavy atom. The van der Waals surface area contributed by atoms with Gasteiger partial charge in [-0.15, -0.1) is 5.10 Å². The van der Waals surface area contributed by atoms with Crippen LogP contribution in [0.1, 0.15) is 70.5 Å². The van der Waals surface area contributed by atoms with Gasteiger partial charge < -0.3 is 4.90 Å². The number of sulfone groups is 1. The summed E-state index contributed by atoms with van der Waals surface area (Å²) in [7, 11) is -3.06. The molecule has 2 fully saturated rings. The lowest BCUT2D eigenvalue weighted by Crippen LogP contribution is -2.47. The van der Waals surface area contributed by atoms with Crippen LogP contribution in [0.2, 0.25) is 0 Å². The number of carbonyl (C=O) groups excluding carboxylic acids is 1. The van der Waals surface area contributed by atoms with Crippen molar-refractivity contribution in [1.29, 1.82) is 0 Å². The van der Waals surface area contributed by atoms with Gasteiger partial charge in [-0.1, -0.05) is 56.1 Å². The van der Waals surface area contributed by atoms with E-state index >= 15 is 0 Å². The number of nitrogens with zero attached hydrogens (tertiary/aromatic N) is 4. The Hall–Kier alpha value is -1.87. The van der Waals surface area contributed by atoms with E-state index in [1.165, 1.54) is 31.0 Å². The summed E-state index contributed by atoms with van der Waals surface area (Å²) < 4.78 is 26.0. The zero-order chi connectivity index (χ0) is 23.4. The van der Waals surface area contributed by atoms with Crippen LogP contribution in [0.25, 0.3) is 5.69 Å². The molecule has 2 aliphatic rings. The number of hydrogen-bond donors (Lipinski definition) is 0. The van der Waals surface area contributed by atoms with E-state index in [9.17, 15) is 13.2 Å². The minimum absolute atomic E-state index is 0.00374. The Kier molecular flexibility index (Phi) is 7.79. The summed E-state index contributed by atoms with van der Waals surface area (Å²) in [6.07, 6.45) is 7.24. The van der Waals surface area contributed by atoms with Crippen LogP contribution in [0.15, 0.2) is 35.5 Å².